The quantitative estimate of drug-likeness (QED) is 0.758. The predicted molar refractivity (Wildman–Crippen MR) is 57.3 cm³/mol. The van der Waals surface area contributed by atoms with Gasteiger partial charge in [0.2, 0.25) is 0 Å². The van der Waals surface area contributed by atoms with Crippen molar-refractivity contribution in [1.82, 2.24) is 0 Å². The molecule has 0 bridgehead atoms. The van der Waals surface area contributed by atoms with Gasteiger partial charge in [-0.3, -0.25) is 0 Å². The van der Waals surface area contributed by atoms with Gasteiger partial charge >= 0.3 is 0 Å². The van der Waals surface area contributed by atoms with Gasteiger partial charge in [-0.05, 0) is 12.1 Å². The molecule has 0 radical (unpaired) electrons. The maximum atomic E-state index is 8.54. The summed E-state index contributed by atoms with van der Waals surface area (Å²) in [4.78, 5) is 0. The van der Waals surface area contributed by atoms with Crippen LogP contribution in [0.4, 0.5) is 0 Å². The van der Waals surface area contributed by atoms with E-state index in [1.54, 1.807) is 18.2 Å². The molecule has 0 fully saturated rings. The Hall–Kier alpha value is -2.15. The number of methoxy groups -OCH3 is 2. The summed E-state index contributed by atoms with van der Waals surface area (Å²) in [5.74, 6) is 1.16. The van der Waals surface area contributed by atoms with Gasteiger partial charge in [0.25, 0.3) is 0 Å². The van der Waals surface area contributed by atoms with Crippen molar-refractivity contribution in [2.45, 2.75) is 0 Å². The summed E-state index contributed by atoms with van der Waals surface area (Å²) >= 11 is 0. The Morgan fingerprint density at radius 3 is 2.27 bits per heavy atom. The van der Waals surface area contributed by atoms with Crippen LogP contribution in [0, 0.1) is 11.3 Å². The molecule has 2 N–H and O–H groups in total. The minimum Gasteiger partial charge on any atom is -0.496 e. The minimum atomic E-state index is 0.326. The lowest BCUT2D eigenvalue weighted by Gasteiger charge is -2.12. The Morgan fingerprint density at radius 2 is 1.87 bits per heavy atom. The normalized spacial score (nSPS) is 10.6. The molecular formula is C11H12N2O2. The van der Waals surface area contributed by atoms with Crippen LogP contribution < -0.4 is 15.2 Å². The van der Waals surface area contributed by atoms with E-state index < -0.39 is 0 Å². The van der Waals surface area contributed by atoms with Crippen molar-refractivity contribution in [2.75, 3.05) is 14.2 Å². The molecule has 1 rings (SSSR count). The standard InChI is InChI=1S/C11H12N2O2/c1-14-9-4-3-5-10(15-2)11(9)8(13)6-7-12/h3-6H,13H2,1-2H3/b8-6-. The van der Waals surface area contributed by atoms with Crippen LogP contribution in [0.1, 0.15) is 5.56 Å². The molecule has 15 heavy (non-hydrogen) atoms. The van der Waals surface area contributed by atoms with Crippen LogP contribution in [0.15, 0.2) is 24.3 Å². The fourth-order valence-corrected chi connectivity index (χ4v) is 1.28. The zero-order valence-electron chi connectivity index (χ0n) is 8.65. The van der Waals surface area contributed by atoms with Crippen molar-refractivity contribution in [2.24, 2.45) is 5.73 Å². The Kier molecular flexibility index (Phi) is 3.58. The summed E-state index contributed by atoms with van der Waals surface area (Å²) in [5.41, 5.74) is 6.66. The third-order valence-corrected chi connectivity index (χ3v) is 1.94. The van der Waals surface area contributed by atoms with E-state index in [2.05, 4.69) is 0 Å². The van der Waals surface area contributed by atoms with E-state index in [9.17, 15) is 0 Å². The molecule has 0 amide bonds. The second kappa shape index (κ2) is 4.91. The second-order valence-corrected chi connectivity index (χ2v) is 2.77. The molecule has 0 aromatic heterocycles. The van der Waals surface area contributed by atoms with Crippen molar-refractivity contribution in [3.05, 3.63) is 29.8 Å². The SMILES string of the molecule is COc1cccc(OC)c1/C(N)=C/C#N. The monoisotopic (exact) mass is 204 g/mol. The van der Waals surface area contributed by atoms with Gasteiger partial charge in [0, 0.05) is 6.08 Å². The third kappa shape index (κ3) is 2.20. The number of hydrogen-bond donors (Lipinski definition) is 1. The molecule has 4 heteroatoms. The average molecular weight is 204 g/mol. The predicted octanol–water partition coefficient (Wildman–Crippen LogP) is 1.53. The second-order valence-electron chi connectivity index (χ2n) is 2.77. The van der Waals surface area contributed by atoms with E-state index in [1.807, 2.05) is 6.07 Å². The Labute approximate surface area is 88.5 Å². The average Bonchev–Trinajstić information content (AvgIpc) is 2.28. The highest BCUT2D eigenvalue weighted by Gasteiger charge is 2.11. The minimum absolute atomic E-state index is 0.326. The fraction of sp³-hybridized carbons (Fsp3) is 0.182. The van der Waals surface area contributed by atoms with E-state index in [-0.39, 0.29) is 0 Å². The van der Waals surface area contributed by atoms with E-state index in [0.29, 0.717) is 22.8 Å². The number of ether oxygens (including phenoxy) is 2. The van der Waals surface area contributed by atoms with Gasteiger partial charge in [0.05, 0.1) is 31.5 Å². The molecule has 0 atom stereocenters. The first-order valence-corrected chi connectivity index (χ1v) is 4.31. The number of hydrogen-bond acceptors (Lipinski definition) is 4. The summed E-state index contributed by atoms with van der Waals surface area (Å²) in [6.45, 7) is 0. The van der Waals surface area contributed by atoms with Crippen molar-refractivity contribution >= 4 is 5.70 Å². The topological polar surface area (TPSA) is 68.3 Å². The number of benzene rings is 1. The first-order valence-electron chi connectivity index (χ1n) is 4.31. The number of nitrogens with two attached hydrogens (primary N) is 1. The van der Waals surface area contributed by atoms with E-state index in [0.717, 1.165) is 0 Å². The van der Waals surface area contributed by atoms with Crippen LogP contribution >= 0.6 is 0 Å². The molecule has 0 aliphatic rings. The number of allylic oxidation sites excluding steroid dienone is 1. The molecular weight excluding hydrogens is 192 g/mol. The summed E-state index contributed by atoms with van der Waals surface area (Å²) in [6.07, 6.45) is 1.25. The molecule has 0 saturated heterocycles. The van der Waals surface area contributed by atoms with E-state index in [4.69, 9.17) is 20.5 Å². The molecule has 1 aromatic carbocycles. The van der Waals surface area contributed by atoms with Gasteiger partial charge in [0.1, 0.15) is 11.5 Å². The summed E-state index contributed by atoms with van der Waals surface area (Å²) < 4.78 is 10.3. The Bertz CT molecular complexity index is 397. The lowest BCUT2D eigenvalue weighted by atomic mass is 10.1. The summed E-state index contributed by atoms with van der Waals surface area (Å²) in [7, 11) is 3.08. The highest BCUT2D eigenvalue weighted by atomic mass is 16.5. The molecule has 0 aliphatic carbocycles. The number of rotatable bonds is 3. The first-order chi connectivity index (χ1) is 7.24. The molecule has 78 valence electrons. The number of nitrogens with zero attached hydrogens (tertiary/aromatic N) is 1. The van der Waals surface area contributed by atoms with Crippen molar-refractivity contribution < 1.29 is 9.47 Å². The third-order valence-electron chi connectivity index (χ3n) is 1.94. The van der Waals surface area contributed by atoms with Crippen molar-refractivity contribution in [3.63, 3.8) is 0 Å². The zero-order chi connectivity index (χ0) is 11.3. The van der Waals surface area contributed by atoms with Gasteiger partial charge < -0.3 is 15.2 Å². The molecule has 0 heterocycles. The maximum Gasteiger partial charge on any atom is 0.131 e. The van der Waals surface area contributed by atoms with Gasteiger partial charge in [0.15, 0.2) is 0 Å². The molecule has 0 saturated carbocycles. The van der Waals surface area contributed by atoms with Gasteiger partial charge in [-0.1, -0.05) is 6.07 Å². The van der Waals surface area contributed by atoms with Crippen LogP contribution in [0.3, 0.4) is 0 Å². The van der Waals surface area contributed by atoms with Crippen LogP contribution in [-0.2, 0) is 0 Å². The Balaban J connectivity index is 3.36. The van der Waals surface area contributed by atoms with Gasteiger partial charge in [-0.25, -0.2) is 0 Å². The van der Waals surface area contributed by atoms with E-state index in [1.165, 1.54) is 20.3 Å². The van der Waals surface area contributed by atoms with Crippen LogP contribution in [-0.4, -0.2) is 14.2 Å². The molecule has 4 nitrogen and oxygen atoms in total. The van der Waals surface area contributed by atoms with Crippen LogP contribution in [0.5, 0.6) is 11.5 Å². The lowest BCUT2D eigenvalue weighted by Crippen LogP contribution is -2.02. The highest BCUT2D eigenvalue weighted by Crippen LogP contribution is 2.32. The zero-order valence-corrected chi connectivity index (χ0v) is 8.65. The fourth-order valence-electron chi connectivity index (χ4n) is 1.28. The molecule has 0 spiro atoms. The van der Waals surface area contributed by atoms with Crippen LogP contribution in [0.2, 0.25) is 0 Å². The summed E-state index contributed by atoms with van der Waals surface area (Å²) in [6, 6.07) is 7.18. The smallest absolute Gasteiger partial charge is 0.131 e. The van der Waals surface area contributed by atoms with E-state index >= 15 is 0 Å². The first kappa shape index (κ1) is 10.9. The molecule has 0 unspecified atom stereocenters. The highest BCUT2D eigenvalue weighted by molar-refractivity contribution is 5.74. The molecule has 0 aliphatic heterocycles. The maximum absolute atomic E-state index is 8.54. The number of nitriles is 1. The van der Waals surface area contributed by atoms with Gasteiger partial charge in [-0.15, -0.1) is 0 Å². The molecule has 1 aromatic rings. The largest absolute Gasteiger partial charge is 0.496 e. The van der Waals surface area contributed by atoms with Crippen LogP contribution in [0.25, 0.3) is 5.70 Å². The van der Waals surface area contributed by atoms with Crippen molar-refractivity contribution in [1.29, 1.82) is 5.26 Å². The Morgan fingerprint density at radius 1 is 1.33 bits per heavy atom. The lowest BCUT2D eigenvalue weighted by molar-refractivity contribution is 0.392. The summed E-state index contributed by atoms with van der Waals surface area (Å²) in [5, 5.41) is 8.54. The van der Waals surface area contributed by atoms with Crippen molar-refractivity contribution in [3.8, 4) is 17.6 Å². The van der Waals surface area contributed by atoms with Gasteiger partial charge in [-0.2, -0.15) is 5.26 Å².